The van der Waals surface area contributed by atoms with Crippen molar-refractivity contribution in [3.05, 3.63) is 34.5 Å². The number of anilines is 1. The summed E-state index contributed by atoms with van der Waals surface area (Å²) < 4.78 is 7.32. The smallest absolute Gasteiger partial charge is 0.163 e. The van der Waals surface area contributed by atoms with Crippen LogP contribution in [0.15, 0.2) is 6.20 Å². The van der Waals surface area contributed by atoms with Crippen LogP contribution in [0.3, 0.4) is 0 Å². The monoisotopic (exact) mass is 340 g/mol. The predicted molar refractivity (Wildman–Crippen MR) is 98.1 cm³/mol. The van der Waals surface area contributed by atoms with Crippen LogP contribution in [0.2, 0.25) is 0 Å². The Balaban J connectivity index is 2.06. The van der Waals surface area contributed by atoms with Crippen molar-refractivity contribution in [3.63, 3.8) is 0 Å². The second-order valence-electron chi connectivity index (χ2n) is 6.40. The van der Waals surface area contributed by atoms with Crippen LogP contribution < -0.4 is 9.64 Å². The van der Waals surface area contributed by atoms with Gasteiger partial charge >= 0.3 is 0 Å². The number of rotatable bonds is 4. The van der Waals surface area contributed by atoms with Crippen LogP contribution in [0.4, 0.5) is 5.82 Å². The molecule has 0 aromatic carbocycles. The summed E-state index contributed by atoms with van der Waals surface area (Å²) in [6.07, 6.45) is 1.85. The van der Waals surface area contributed by atoms with Crippen LogP contribution in [-0.2, 0) is 13.6 Å². The Bertz CT molecular complexity index is 947. The fourth-order valence-corrected chi connectivity index (χ4v) is 3.23. The minimum Gasteiger partial charge on any atom is -0.496 e. The topological polar surface area (TPSA) is 69.0 Å². The van der Waals surface area contributed by atoms with Crippen molar-refractivity contribution < 1.29 is 4.74 Å². The molecule has 0 fully saturated rings. The van der Waals surface area contributed by atoms with E-state index in [1.807, 2.05) is 48.0 Å². The number of hydrogen-bond acceptors (Lipinski definition) is 6. The summed E-state index contributed by atoms with van der Waals surface area (Å²) in [6, 6.07) is 0. The number of methoxy groups -OCH3 is 1. The normalized spacial score (nSPS) is 11.2. The van der Waals surface area contributed by atoms with Crippen LogP contribution in [0.25, 0.3) is 11.0 Å². The SMILES string of the molecule is COc1c(C)cnc(CN(C)c2nc(C)nc3c2c(C)nn3C)c1C. The van der Waals surface area contributed by atoms with E-state index < -0.39 is 0 Å². The number of hydrogen-bond donors (Lipinski definition) is 0. The molecule has 3 aromatic heterocycles. The van der Waals surface area contributed by atoms with Crippen molar-refractivity contribution in [1.82, 2.24) is 24.7 Å². The minimum atomic E-state index is 0.627. The summed E-state index contributed by atoms with van der Waals surface area (Å²) in [5, 5.41) is 5.47. The molecule has 0 bridgehead atoms. The minimum absolute atomic E-state index is 0.627. The fourth-order valence-electron chi connectivity index (χ4n) is 3.23. The fraction of sp³-hybridized carbons (Fsp3) is 0.444. The van der Waals surface area contributed by atoms with Gasteiger partial charge in [-0.1, -0.05) is 0 Å². The standard InChI is InChI=1S/C18H24N6O/c1-10-8-19-14(11(2)16(10)25-7)9-23(5)17-15-12(3)22-24(6)18(15)21-13(4)20-17/h8H,9H2,1-7H3. The molecule has 132 valence electrons. The third kappa shape index (κ3) is 2.90. The lowest BCUT2D eigenvalue weighted by Crippen LogP contribution is -2.20. The van der Waals surface area contributed by atoms with Crippen LogP contribution in [0.1, 0.15) is 28.3 Å². The van der Waals surface area contributed by atoms with Gasteiger partial charge in [-0.25, -0.2) is 9.97 Å². The van der Waals surface area contributed by atoms with Gasteiger partial charge in [0.2, 0.25) is 0 Å². The van der Waals surface area contributed by atoms with E-state index in [-0.39, 0.29) is 0 Å². The molecular weight excluding hydrogens is 316 g/mol. The van der Waals surface area contributed by atoms with Gasteiger partial charge in [-0.2, -0.15) is 5.10 Å². The van der Waals surface area contributed by atoms with Gasteiger partial charge in [-0.15, -0.1) is 0 Å². The Morgan fingerprint density at radius 2 is 1.88 bits per heavy atom. The zero-order valence-corrected chi connectivity index (χ0v) is 15.9. The summed E-state index contributed by atoms with van der Waals surface area (Å²) >= 11 is 0. The number of ether oxygens (including phenoxy) is 1. The first-order chi connectivity index (χ1) is 11.8. The highest BCUT2D eigenvalue weighted by Crippen LogP contribution is 2.29. The molecule has 25 heavy (non-hydrogen) atoms. The lowest BCUT2D eigenvalue weighted by molar-refractivity contribution is 0.407. The predicted octanol–water partition coefficient (Wildman–Crippen LogP) is 2.64. The molecule has 0 atom stereocenters. The first-order valence-corrected chi connectivity index (χ1v) is 8.21. The maximum atomic E-state index is 5.52. The zero-order valence-electron chi connectivity index (χ0n) is 15.9. The van der Waals surface area contributed by atoms with Crippen LogP contribution in [0.5, 0.6) is 5.75 Å². The van der Waals surface area contributed by atoms with E-state index in [4.69, 9.17) is 4.74 Å². The van der Waals surface area contributed by atoms with Gasteiger partial charge in [0.1, 0.15) is 17.4 Å². The lowest BCUT2D eigenvalue weighted by Gasteiger charge is -2.21. The number of pyridine rings is 1. The van der Waals surface area contributed by atoms with Gasteiger partial charge in [-0.3, -0.25) is 9.67 Å². The van der Waals surface area contributed by atoms with Crippen molar-refractivity contribution in [1.29, 1.82) is 0 Å². The molecule has 7 nitrogen and oxygen atoms in total. The van der Waals surface area contributed by atoms with E-state index in [1.54, 1.807) is 11.8 Å². The highest BCUT2D eigenvalue weighted by molar-refractivity contribution is 5.89. The summed E-state index contributed by atoms with van der Waals surface area (Å²) in [5.41, 5.74) is 4.83. The van der Waals surface area contributed by atoms with Crippen molar-refractivity contribution in [2.75, 3.05) is 19.1 Å². The maximum absolute atomic E-state index is 5.52. The second kappa shape index (κ2) is 6.31. The largest absolute Gasteiger partial charge is 0.496 e. The van der Waals surface area contributed by atoms with Crippen molar-refractivity contribution in [2.24, 2.45) is 7.05 Å². The van der Waals surface area contributed by atoms with Gasteiger partial charge in [0, 0.05) is 31.4 Å². The average molecular weight is 340 g/mol. The highest BCUT2D eigenvalue weighted by Gasteiger charge is 2.18. The zero-order chi connectivity index (χ0) is 18.3. The van der Waals surface area contributed by atoms with Crippen LogP contribution in [0, 0.1) is 27.7 Å². The molecule has 0 amide bonds. The van der Waals surface area contributed by atoms with Crippen molar-refractivity contribution in [3.8, 4) is 5.75 Å². The molecular formula is C18H24N6O. The molecule has 0 aliphatic heterocycles. The van der Waals surface area contributed by atoms with E-state index in [2.05, 4.69) is 25.0 Å². The Morgan fingerprint density at radius 1 is 1.16 bits per heavy atom. The van der Waals surface area contributed by atoms with Crippen LogP contribution >= 0.6 is 0 Å². The third-order valence-corrected chi connectivity index (χ3v) is 4.45. The quantitative estimate of drug-likeness (QED) is 0.727. The Kier molecular flexibility index (Phi) is 4.32. The van der Waals surface area contributed by atoms with E-state index in [0.29, 0.717) is 6.54 Å². The molecule has 0 saturated heterocycles. The second-order valence-corrected chi connectivity index (χ2v) is 6.40. The Morgan fingerprint density at radius 3 is 2.56 bits per heavy atom. The molecule has 3 aromatic rings. The van der Waals surface area contributed by atoms with E-state index >= 15 is 0 Å². The van der Waals surface area contributed by atoms with Gasteiger partial charge in [-0.05, 0) is 27.7 Å². The summed E-state index contributed by atoms with van der Waals surface area (Å²) in [6.45, 7) is 8.55. The van der Waals surface area contributed by atoms with Gasteiger partial charge in [0.05, 0.1) is 30.4 Å². The van der Waals surface area contributed by atoms with Crippen LogP contribution in [-0.4, -0.2) is 38.9 Å². The Labute approximate surface area is 147 Å². The summed E-state index contributed by atoms with van der Waals surface area (Å²) in [4.78, 5) is 15.9. The highest BCUT2D eigenvalue weighted by atomic mass is 16.5. The number of aromatic nitrogens is 5. The van der Waals surface area contributed by atoms with Gasteiger partial charge in [0.15, 0.2) is 5.65 Å². The van der Waals surface area contributed by atoms with Gasteiger partial charge in [0.25, 0.3) is 0 Å². The molecule has 0 spiro atoms. The van der Waals surface area contributed by atoms with E-state index in [0.717, 1.165) is 50.9 Å². The molecule has 3 heterocycles. The molecule has 7 heteroatoms. The van der Waals surface area contributed by atoms with E-state index in [9.17, 15) is 0 Å². The average Bonchev–Trinajstić information content (AvgIpc) is 2.84. The Hall–Kier alpha value is -2.70. The lowest BCUT2D eigenvalue weighted by atomic mass is 10.1. The molecule has 3 rings (SSSR count). The molecule has 0 saturated carbocycles. The maximum Gasteiger partial charge on any atom is 0.163 e. The van der Waals surface area contributed by atoms with Crippen molar-refractivity contribution >= 4 is 16.9 Å². The summed E-state index contributed by atoms with van der Waals surface area (Å²) in [5.74, 6) is 2.48. The van der Waals surface area contributed by atoms with Gasteiger partial charge < -0.3 is 9.64 Å². The number of aryl methyl sites for hydroxylation is 4. The first kappa shape index (κ1) is 17.1. The molecule has 0 aliphatic carbocycles. The molecule has 0 N–H and O–H groups in total. The number of fused-ring (bicyclic) bond motifs is 1. The summed E-state index contributed by atoms with van der Waals surface area (Å²) in [7, 11) is 5.61. The molecule has 0 radical (unpaired) electrons. The number of nitrogens with zero attached hydrogens (tertiary/aromatic N) is 6. The molecule has 0 aliphatic rings. The first-order valence-electron chi connectivity index (χ1n) is 8.21. The third-order valence-electron chi connectivity index (χ3n) is 4.45. The van der Waals surface area contributed by atoms with Crippen molar-refractivity contribution in [2.45, 2.75) is 34.2 Å². The molecule has 0 unspecified atom stereocenters. The van der Waals surface area contributed by atoms with E-state index in [1.165, 1.54) is 0 Å².